The second-order valence-electron chi connectivity index (χ2n) is 1.95. The highest BCUT2D eigenvalue weighted by atomic mass is 79.9. The second kappa shape index (κ2) is 3.73. The molecule has 1 aromatic carbocycles. The van der Waals surface area contributed by atoms with Gasteiger partial charge in [0.15, 0.2) is 0 Å². The van der Waals surface area contributed by atoms with Crippen molar-refractivity contribution in [1.82, 2.24) is 0 Å². The maximum Gasteiger partial charge on any atom is 0.235 e. The lowest BCUT2D eigenvalue weighted by Crippen LogP contribution is -1.88. The van der Waals surface area contributed by atoms with Gasteiger partial charge in [-0.1, -0.05) is 23.2 Å². The van der Waals surface area contributed by atoms with Gasteiger partial charge in [-0.15, -0.1) is 0 Å². The van der Waals surface area contributed by atoms with Crippen molar-refractivity contribution < 1.29 is 9.18 Å². The molecule has 0 aliphatic rings. The van der Waals surface area contributed by atoms with Crippen molar-refractivity contribution in [1.29, 1.82) is 0 Å². The van der Waals surface area contributed by atoms with Gasteiger partial charge in [0.1, 0.15) is 5.82 Å². The van der Waals surface area contributed by atoms with E-state index >= 15 is 0 Å². The van der Waals surface area contributed by atoms with Gasteiger partial charge in [-0.05, 0) is 22.0 Å². The summed E-state index contributed by atoms with van der Waals surface area (Å²) in [7, 11) is 0. The molecule has 1 rings (SSSR count). The molecule has 12 heavy (non-hydrogen) atoms. The predicted molar refractivity (Wildman–Crippen MR) is 48.9 cm³/mol. The molecule has 0 saturated carbocycles. The zero-order valence-corrected chi connectivity index (χ0v) is 8.60. The highest BCUT2D eigenvalue weighted by Gasteiger charge is 2.13. The molecule has 0 fully saturated rings. The van der Waals surface area contributed by atoms with Crippen LogP contribution in [0.2, 0.25) is 10.0 Å². The molecular weight excluding hydrogens is 270 g/mol. The number of carbonyl (C=O) groups excluding carboxylic acids is 1. The normalized spacial score (nSPS) is 10.0. The molecular formula is C7HBrCl2FO. The molecule has 0 heterocycles. The summed E-state index contributed by atoms with van der Waals surface area (Å²) < 4.78 is 13.0. The lowest BCUT2D eigenvalue weighted by molar-refractivity contribution is 0.561. The Balaban J connectivity index is 3.49. The Bertz CT molecular complexity index is 341. The van der Waals surface area contributed by atoms with E-state index in [9.17, 15) is 9.18 Å². The zero-order valence-electron chi connectivity index (χ0n) is 5.50. The average Bonchev–Trinajstić information content (AvgIpc) is 2.08. The first-order valence-electron chi connectivity index (χ1n) is 2.79. The van der Waals surface area contributed by atoms with Gasteiger partial charge in [0, 0.05) is 5.56 Å². The Morgan fingerprint density at radius 3 is 2.50 bits per heavy atom. The number of benzene rings is 1. The van der Waals surface area contributed by atoms with Gasteiger partial charge in [0.2, 0.25) is 6.29 Å². The Morgan fingerprint density at radius 1 is 1.42 bits per heavy atom. The van der Waals surface area contributed by atoms with Crippen molar-refractivity contribution in [3.8, 4) is 0 Å². The Labute approximate surface area is 86.6 Å². The molecule has 0 N–H and O–H groups in total. The highest BCUT2D eigenvalue weighted by molar-refractivity contribution is 9.10. The summed E-state index contributed by atoms with van der Waals surface area (Å²) in [5, 5.41) is -0.0737. The quantitative estimate of drug-likeness (QED) is 0.565. The fourth-order valence-corrected chi connectivity index (χ4v) is 1.44. The largest absolute Gasteiger partial charge is 0.285 e. The number of hydrogen-bond acceptors (Lipinski definition) is 1. The average molecular weight is 271 g/mol. The lowest BCUT2D eigenvalue weighted by Gasteiger charge is -2.01. The van der Waals surface area contributed by atoms with E-state index in [1.807, 2.05) is 0 Å². The van der Waals surface area contributed by atoms with Crippen molar-refractivity contribution in [2.24, 2.45) is 0 Å². The third-order valence-corrected chi connectivity index (χ3v) is 3.22. The summed E-state index contributed by atoms with van der Waals surface area (Å²) in [6, 6.07) is 0.933. The van der Waals surface area contributed by atoms with Crippen LogP contribution in [0.4, 0.5) is 4.39 Å². The summed E-state index contributed by atoms with van der Waals surface area (Å²) in [6.45, 7) is 0. The third-order valence-electron chi connectivity index (χ3n) is 1.21. The van der Waals surface area contributed by atoms with E-state index in [0.29, 0.717) is 0 Å². The number of halogens is 4. The van der Waals surface area contributed by atoms with Gasteiger partial charge < -0.3 is 0 Å². The maximum atomic E-state index is 12.8. The topological polar surface area (TPSA) is 17.1 Å². The van der Waals surface area contributed by atoms with Crippen molar-refractivity contribution in [2.45, 2.75) is 0 Å². The number of hydrogen-bond donors (Lipinski definition) is 0. The summed E-state index contributed by atoms with van der Waals surface area (Å²) in [4.78, 5) is 10.2. The zero-order chi connectivity index (χ0) is 9.30. The monoisotopic (exact) mass is 269 g/mol. The van der Waals surface area contributed by atoms with E-state index in [2.05, 4.69) is 15.9 Å². The van der Waals surface area contributed by atoms with Crippen LogP contribution in [-0.4, -0.2) is 6.29 Å². The molecule has 1 radical (unpaired) electrons. The molecule has 5 heteroatoms. The van der Waals surface area contributed by atoms with E-state index < -0.39 is 5.82 Å². The predicted octanol–water partition coefficient (Wildman–Crippen LogP) is 3.35. The van der Waals surface area contributed by atoms with Crippen LogP contribution in [0.15, 0.2) is 10.5 Å². The first-order chi connectivity index (χ1) is 5.57. The minimum absolute atomic E-state index is 0.0505. The number of rotatable bonds is 1. The molecule has 0 bridgehead atoms. The van der Waals surface area contributed by atoms with Crippen LogP contribution >= 0.6 is 39.1 Å². The molecule has 0 saturated heterocycles. The summed E-state index contributed by atoms with van der Waals surface area (Å²) >= 11 is 14.0. The molecule has 0 aliphatic heterocycles. The first-order valence-corrected chi connectivity index (χ1v) is 4.34. The molecule has 0 amide bonds. The van der Waals surface area contributed by atoms with E-state index in [-0.39, 0.29) is 20.1 Å². The minimum Gasteiger partial charge on any atom is -0.285 e. The van der Waals surface area contributed by atoms with Crippen molar-refractivity contribution in [3.05, 3.63) is 32.0 Å². The van der Waals surface area contributed by atoms with Gasteiger partial charge in [-0.25, -0.2) is 4.39 Å². The summed E-state index contributed by atoms with van der Waals surface area (Å²) in [5.41, 5.74) is -0.0505. The fourth-order valence-electron chi connectivity index (χ4n) is 0.647. The maximum absolute atomic E-state index is 12.8. The summed E-state index contributed by atoms with van der Waals surface area (Å²) in [5.74, 6) is -0.703. The molecule has 0 aromatic heterocycles. The van der Waals surface area contributed by atoms with E-state index in [1.54, 1.807) is 0 Å². The summed E-state index contributed by atoms with van der Waals surface area (Å²) in [6.07, 6.45) is 1.49. The van der Waals surface area contributed by atoms with E-state index in [4.69, 9.17) is 23.2 Å². The van der Waals surface area contributed by atoms with Crippen LogP contribution in [0.1, 0.15) is 5.56 Å². The third kappa shape index (κ3) is 1.63. The van der Waals surface area contributed by atoms with Crippen LogP contribution in [-0.2, 0) is 4.79 Å². The van der Waals surface area contributed by atoms with Gasteiger partial charge in [-0.2, -0.15) is 0 Å². The van der Waals surface area contributed by atoms with Crippen LogP contribution in [0.3, 0.4) is 0 Å². The fraction of sp³-hybridized carbons (Fsp3) is 0. The first kappa shape index (κ1) is 9.96. The molecule has 1 nitrogen and oxygen atoms in total. The second-order valence-corrected chi connectivity index (χ2v) is 3.50. The van der Waals surface area contributed by atoms with Crippen LogP contribution in [0.5, 0.6) is 0 Å². The Hall–Kier alpha value is -0.120. The minimum atomic E-state index is -0.703. The van der Waals surface area contributed by atoms with Crippen LogP contribution in [0, 0.1) is 5.82 Å². The molecule has 0 unspecified atom stereocenters. The smallest absolute Gasteiger partial charge is 0.235 e. The SMILES string of the molecule is O=[C]c1cc(F)c(Cl)c(Br)c1Cl. The Kier molecular flexibility index (Phi) is 3.09. The van der Waals surface area contributed by atoms with Gasteiger partial charge in [0.05, 0.1) is 14.5 Å². The van der Waals surface area contributed by atoms with Gasteiger partial charge in [0.25, 0.3) is 0 Å². The molecule has 1 aromatic rings. The molecule has 0 spiro atoms. The van der Waals surface area contributed by atoms with Crippen LogP contribution < -0.4 is 0 Å². The van der Waals surface area contributed by atoms with Crippen molar-refractivity contribution in [2.75, 3.05) is 0 Å². The van der Waals surface area contributed by atoms with Gasteiger partial charge in [-0.3, -0.25) is 4.79 Å². The standard InChI is InChI=1S/C7HBrCl2FO/c8-5-6(9)3(2-12)1-4(11)7(5)10/h1H. The molecule has 63 valence electrons. The van der Waals surface area contributed by atoms with Crippen molar-refractivity contribution >= 4 is 45.4 Å². The lowest BCUT2D eigenvalue weighted by atomic mass is 10.2. The van der Waals surface area contributed by atoms with Gasteiger partial charge >= 0.3 is 0 Å². The molecule has 0 aliphatic carbocycles. The molecule has 0 atom stereocenters. The van der Waals surface area contributed by atoms with E-state index in [1.165, 1.54) is 6.29 Å². The highest BCUT2D eigenvalue weighted by Crippen LogP contribution is 2.34. The Morgan fingerprint density at radius 2 is 2.00 bits per heavy atom. The van der Waals surface area contributed by atoms with Crippen LogP contribution in [0.25, 0.3) is 0 Å². The van der Waals surface area contributed by atoms with E-state index in [0.717, 1.165) is 6.07 Å². The van der Waals surface area contributed by atoms with Crippen molar-refractivity contribution in [3.63, 3.8) is 0 Å².